The lowest BCUT2D eigenvalue weighted by molar-refractivity contribution is -0.384. The molecule has 0 unspecified atom stereocenters. The topological polar surface area (TPSA) is 113 Å². The predicted octanol–water partition coefficient (Wildman–Crippen LogP) is 4.47. The summed E-state index contributed by atoms with van der Waals surface area (Å²) in [7, 11) is 0. The van der Waals surface area contributed by atoms with Gasteiger partial charge in [0.25, 0.3) is 5.69 Å². The van der Waals surface area contributed by atoms with Crippen LogP contribution in [0.2, 0.25) is 0 Å². The second-order valence-corrected chi connectivity index (χ2v) is 6.94. The second-order valence-electron chi connectivity index (χ2n) is 6.94. The first-order chi connectivity index (χ1) is 15.1. The first-order valence-electron chi connectivity index (χ1n) is 9.85. The number of anilines is 2. The Kier molecular flexibility index (Phi) is 8.56. The fourth-order valence-electron chi connectivity index (χ4n) is 2.82. The van der Waals surface area contributed by atoms with Gasteiger partial charge in [-0.1, -0.05) is 19.1 Å². The van der Waals surface area contributed by atoms with E-state index in [1.807, 2.05) is 6.92 Å². The highest BCUT2D eigenvalue weighted by atomic mass is 19.4. The Labute approximate surface area is 182 Å². The number of nitrogens with one attached hydrogen (secondary N) is 3. The summed E-state index contributed by atoms with van der Waals surface area (Å²) < 4.78 is 38.3. The normalized spacial score (nSPS) is 11.0. The number of halogens is 3. The van der Waals surface area contributed by atoms with Gasteiger partial charge in [0.15, 0.2) is 0 Å². The molecular weight excluding hydrogens is 429 g/mol. The Morgan fingerprint density at radius 3 is 2.47 bits per heavy atom. The quantitative estimate of drug-likeness (QED) is 0.364. The van der Waals surface area contributed by atoms with Crippen LogP contribution in [0.1, 0.15) is 37.3 Å². The number of rotatable bonds is 10. The van der Waals surface area contributed by atoms with Crippen molar-refractivity contribution in [2.24, 2.45) is 0 Å². The molecule has 2 aromatic rings. The number of carbonyl (C=O) groups excluding carboxylic acids is 2. The highest BCUT2D eigenvalue weighted by Crippen LogP contribution is 2.34. The summed E-state index contributed by atoms with van der Waals surface area (Å²) in [5, 5.41) is 19.2. The summed E-state index contributed by atoms with van der Waals surface area (Å²) >= 11 is 0. The first kappa shape index (κ1) is 24.6. The van der Waals surface area contributed by atoms with Crippen molar-refractivity contribution in [1.29, 1.82) is 0 Å². The van der Waals surface area contributed by atoms with Crippen LogP contribution in [-0.2, 0) is 22.3 Å². The third-order valence-corrected chi connectivity index (χ3v) is 4.37. The molecule has 0 aromatic heterocycles. The zero-order valence-corrected chi connectivity index (χ0v) is 17.3. The zero-order chi connectivity index (χ0) is 23.7. The first-order valence-corrected chi connectivity index (χ1v) is 9.85. The molecule has 0 bridgehead atoms. The van der Waals surface area contributed by atoms with Crippen molar-refractivity contribution in [1.82, 2.24) is 5.32 Å². The highest BCUT2D eigenvalue weighted by Gasteiger charge is 2.33. The number of carbonyl (C=O) groups is 2. The van der Waals surface area contributed by atoms with E-state index in [9.17, 15) is 32.9 Å². The molecule has 3 N–H and O–H groups in total. The molecule has 0 aliphatic rings. The van der Waals surface area contributed by atoms with Gasteiger partial charge in [-0.25, -0.2) is 0 Å². The van der Waals surface area contributed by atoms with E-state index in [-0.39, 0.29) is 37.0 Å². The zero-order valence-electron chi connectivity index (χ0n) is 17.3. The fourth-order valence-corrected chi connectivity index (χ4v) is 2.82. The molecule has 0 saturated heterocycles. The van der Waals surface area contributed by atoms with Gasteiger partial charge in [-0.3, -0.25) is 19.7 Å². The molecule has 11 heteroatoms. The minimum absolute atomic E-state index is 0.00878. The number of nitro benzene ring substituents is 1. The molecular formula is C21H23F3N4O4. The minimum atomic E-state index is -4.70. The van der Waals surface area contributed by atoms with Gasteiger partial charge in [-0.2, -0.15) is 13.2 Å². The van der Waals surface area contributed by atoms with E-state index in [0.717, 1.165) is 24.1 Å². The van der Waals surface area contributed by atoms with Gasteiger partial charge in [0.05, 0.1) is 10.5 Å². The third kappa shape index (κ3) is 7.56. The lowest BCUT2D eigenvalue weighted by Crippen LogP contribution is -2.25. The number of benzene rings is 2. The number of nitro groups is 1. The average Bonchev–Trinajstić information content (AvgIpc) is 2.72. The number of amides is 2. The number of nitrogens with zero attached hydrogens (tertiary/aromatic N) is 1. The molecule has 0 fully saturated rings. The van der Waals surface area contributed by atoms with Crippen molar-refractivity contribution >= 4 is 28.9 Å². The second kappa shape index (κ2) is 11.1. The van der Waals surface area contributed by atoms with E-state index >= 15 is 0 Å². The van der Waals surface area contributed by atoms with Crippen LogP contribution in [0.15, 0.2) is 42.5 Å². The van der Waals surface area contributed by atoms with Gasteiger partial charge in [0.2, 0.25) is 11.8 Å². The molecule has 32 heavy (non-hydrogen) atoms. The lowest BCUT2D eigenvalue weighted by Gasteiger charge is -2.11. The summed E-state index contributed by atoms with van der Waals surface area (Å²) in [4.78, 5) is 33.9. The molecule has 0 aliphatic heterocycles. The Hall–Kier alpha value is -3.63. The molecule has 2 aromatic carbocycles. The Morgan fingerprint density at radius 1 is 1.06 bits per heavy atom. The maximum Gasteiger partial charge on any atom is 0.416 e. The van der Waals surface area contributed by atoms with Gasteiger partial charge in [-0.15, -0.1) is 0 Å². The van der Waals surface area contributed by atoms with E-state index in [4.69, 9.17) is 0 Å². The molecule has 0 spiro atoms. The van der Waals surface area contributed by atoms with Crippen LogP contribution in [0.3, 0.4) is 0 Å². The van der Waals surface area contributed by atoms with Crippen molar-refractivity contribution < 1.29 is 27.7 Å². The van der Waals surface area contributed by atoms with Crippen molar-refractivity contribution in [3.05, 3.63) is 63.7 Å². The Bertz CT molecular complexity index is 980. The smallest absolute Gasteiger partial charge is 0.379 e. The SMILES string of the molecule is CCCC(=O)Nc1cccc(CNC(=O)CCNc2ccc(C(F)(F)F)cc2[N+](=O)[O-])c1. The molecule has 0 aliphatic carbocycles. The molecule has 0 saturated carbocycles. The number of hydrogen-bond donors (Lipinski definition) is 3. The monoisotopic (exact) mass is 452 g/mol. The van der Waals surface area contributed by atoms with Gasteiger partial charge < -0.3 is 16.0 Å². The van der Waals surface area contributed by atoms with Crippen LogP contribution in [-0.4, -0.2) is 23.3 Å². The van der Waals surface area contributed by atoms with E-state index in [2.05, 4.69) is 16.0 Å². The van der Waals surface area contributed by atoms with Crippen LogP contribution in [0, 0.1) is 10.1 Å². The molecule has 8 nitrogen and oxygen atoms in total. The van der Waals surface area contributed by atoms with E-state index in [1.54, 1.807) is 24.3 Å². The molecule has 2 rings (SSSR count). The van der Waals surface area contributed by atoms with Crippen molar-refractivity contribution in [2.75, 3.05) is 17.2 Å². The largest absolute Gasteiger partial charge is 0.416 e. The molecule has 0 heterocycles. The van der Waals surface area contributed by atoms with Crippen molar-refractivity contribution in [3.8, 4) is 0 Å². The van der Waals surface area contributed by atoms with Gasteiger partial charge in [-0.05, 0) is 36.2 Å². The van der Waals surface area contributed by atoms with E-state index < -0.39 is 22.4 Å². The summed E-state index contributed by atoms with van der Waals surface area (Å²) in [6.45, 7) is 2.10. The van der Waals surface area contributed by atoms with Crippen LogP contribution < -0.4 is 16.0 Å². The van der Waals surface area contributed by atoms with Gasteiger partial charge >= 0.3 is 6.18 Å². The Balaban J connectivity index is 1.87. The predicted molar refractivity (Wildman–Crippen MR) is 113 cm³/mol. The average molecular weight is 452 g/mol. The number of hydrogen-bond acceptors (Lipinski definition) is 5. The van der Waals surface area contributed by atoms with Crippen molar-refractivity contribution in [2.45, 2.75) is 38.9 Å². The summed E-state index contributed by atoms with van der Waals surface area (Å²) in [6, 6.07) is 9.15. The molecule has 172 valence electrons. The van der Waals surface area contributed by atoms with Crippen LogP contribution in [0.4, 0.5) is 30.2 Å². The van der Waals surface area contributed by atoms with Crippen LogP contribution >= 0.6 is 0 Å². The van der Waals surface area contributed by atoms with Crippen LogP contribution in [0.5, 0.6) is 0 Å². The van der Waals surface area contributed by atoms with Crippen molar-refractivity contribution in [3.63, 3.8) is 0 Å². The summed E-state index contributed by atoms with van der Waals surface area (Å²) in [5.74, 6) is -0.454. The number of alkyl halides is 3. The molecule has 0 atom stereocenters. The van der Waals surface area contributed by atoms with E-state index in [1.165, 1.54) is 0 Å². The van der Waals surface area contributed by atoms with Gasteiger partial charge in [0.1, 0.15) is 5.69 Å². The van der Waals surface area contributed by atoms with Gasteiger partial charge in [0, 0.05) is 37.7 Å². The Morgan fingerprint density at radius 2 is 1.81 bits per heavy atom. The fraction of sp³-hybridized carbons (Fsp3) is 0.333. The molecule has 0 radical (unpaired) electrons. The highest BCUT2D eigenvalue weighted by molar-refractivity contribution is 5.90. The summed E-state index contributed by atoms with van der Waals surface area (Å²) in [5.41, 5.74) is -0.570. The maximum absolute atomic E-state index is 12.8. The third-order valence-electron chi connectivity index (χ3n) is 4.37. The minimum Gasteiger partial charge on any atom is -0.379 e. The van der Waals surface area contributed by atoms with E-state index in [0.29, 0.717) is 18.2 Å². The summed E-state index contributed by atoms with van der Waals surface area (Å²) in [6.07, 6.45) is -3.61. The lowest BCUT2D eigenvalue weighted by atomic mass is 10.1. The van der Waals surface area contributed by atoms with Crippen LogP contribution in [0.25, 0.3) is 0 Å². The molecule has 2 amide bonds. The maximum atomic E-state index is 12.8. The standard InChI is InChI=1S/C21H23F3N4O4/c1-2-4-20(30)27-16-6-3-5-14(11-16)13-26-19(29)9-10-25-17-8-7-15(21(22,23)24)12-18(17)28(31)32/h3,5-8,11-12,25H,2,4,9-10,13H2,1H3,(H,26,29)(H,27,30).